The van der Waals surface area contributed by atoms with E-state index >= 15 is 0 Å². The van der Waals surface area contributed by atoms with Crippen molar-refractivity contribution in [2.45, 2.75) is 26.6 Å². The van der Waals surface area contributed by atoms with Crippen LogP contribution in [0.25, 0.3) is 22.2 Å². The number of benzene rings is 1. The van der Waals surface area contributed by atoms with Crippen LogP contribution in [0.2, 0.25) is 0 Å². The molecule has 2 aromatic heterocycles. The second-order valence-electron chi connectivity index (χ2n) is 7.20. The molecule has 1 amide bonds. The number of alkyl halides is 3. The van der Waals surface area contributed by atoms with Gasteiger partial charge in [-0.2, -0.15) is 18.3 Å². The number of ether oxygens (including phenoxy) is 1. The Labute approximate surface area is 194 Å². The van der Waals surface area contributed by atoms with Gasteiger partial charge in [0.1, 0.15) is 0 Å². The van der Waals surface area contributed by atoms with Crippen LogP contribution in [-0.2, 0) is 37.1 Å². The molecular weight excluding hydrogens is 499 g/mol. The maximum Gasteiger partial charge on any atom is 0.417 e. The number of hydrogen-bond acceptors (Lipinski definition) is 8. The van der Waals surface area contributed by atoms with Gasteiger partial charge < -0.3 is 9.72 Å². The van der Waals surface area contributed by atoms with E-state index in [-0.39, 0.29) is 21.3 Å². The number of rotatable bonds is 6. The molecule has 0 saturated heterocycles. The number of aromatic nitrogens is 4. The molecule has 0 aliphatic rings. The van der Waals surface area contributed by atoms with Gasteiger partial charge in [-0.1, -0.05) is 0 Å². The van der Waals surface area contributed by atoms with Gasteiger partial charge in [0.2, 0.25) is 0 Å². The van der Waals surface area contributed by atoms with Crippen LogP contribution >= 0.6 is 0 Å². The molecule has 0 spiro atoms. The average Bonchev–Trinajstić information content (AvgIpc) is 3.21. The highest BCUT2D eigenvalue weighted by atomic mass is 32.2. The van der Waals surface area contributed by atoms with E-state index in [0.29, 0.717) is 12.3 Å². The maximum absolute atomic E-state index is 13.8. The van der Waals surface area contributed by atoms with Crippen molar-refractivity contribution >= 4 is 32.8 Å². The fourth-order valence-corrected chi connectivity index (χ4v) is 4.21. The molecule has 2 heterocycles. The minimum atomic E-state index is -4.89. The van der Waals surface area contributed by atoms with Crippen LogP contribution in [0.1, 0.15) is 19.4 Å². The fourth-order valence-electron chi connectivity index (χ4n) is 3.34. The number of nitrogens with zero attached hydrogens (tertiary/aromatic N) is 4. The van der Waals surface area contributed by atoms with Crippen molar-refractivity contribution in [2.24, 2.45) is 0 Å². The lowest BCUT2D eigenvalue weighted by Gasteiger charge is -2.21. The molecule has 16 heteroatoms. The Bertz CT molecular complexity index is 1550. The monoisotopic (exact) mass is 517 g/mol. The van der Waals surface area contributed by atoms with Crippen molar-refractivity contribution < 1.29 is 35.9 Å². The zero-order valence-corrected chi connectivity index (χ0v) is 19.2. The molecule has 0 bridgehead atoms. The summed E-state index contributed by atoms with van der Waals surface area (Å²) < 4.78 is 71.5. The molecule has 0 unspecified atom stereocenters. The SMILES string of the molecule is CCn1nccc1-c1cc2c(=O)n(N(C(=O)COC(C)=O)S(C)(=O)=O)c(=O)[nH]c2cc1C(F)(F)F. The first-order chi connectivity index (χ1) is 16.2. The number of sulfonamides is 1. The standard InChI is InChI=1S/C19H18F3N5O7S/c1-4-25-15(5-6-23-25)11-7-12-14(8-13(11)19(20,21)22)24-18(31)26(17(12)30)27(35(3,32)33)16(29)9-34-10(2)28/h5-8H,4,9H2,1-3H3,(H,24,31). The Morgan fingerprint density at radius 3 is 2.43 bits per heavy atom. The first-order valence-corrected chi connectivity index (χ1v) is 11.6. The van der Waals surface area contributed by atoms with Gasteiger partial charge >= 0.3 is 17.8 Å². The van der Waals surface area contributed by atoms with Gasteiger partial charge in [0, 0.05) is 25.2 Å². The molecule has 3 aromatic rings. The third-order valence-electron chi connectivity index (χ3n) is 4.72. The molecule has 1 aromatic carbocycles. The lowest BCUT2D eigenvalue weighted by atomic mass is 10.0. The Morgan fingerprint density at radius 1 is 1.23 bits per heavy atom. The molecule has 0 radical (unpaired) electrons. The first kappa shape index (κ1) is 25.7. The summed E-state index contributed by atoms with van der Waals surface area (Å²) in [6, 6.07) is 2.65. The van der Waals surface area contributed by atoms with E-state index in [4.69, 9.17) is 0 Å². The van der Waals surface area contributed by atoms with Crippen LogP contribution in [0.3, 0.4) is 0 Å². The molecule has 35 heavy (non-hydrogen) atoms. The van der Waals surface area contributed by atoms with Gasteiger partial charge in [-0.15, -0.1) is 9.09 Å². The molecule has 188 valence electrons. The van der Waals surface area contributed by atoms with Crippen molar-refractivity contribution in [3.8, 4) is 11.3 Å². The van der Waals surface area contributed by atoms with Crippen molar-refractivity contribution in [1.29, 1.82) is 0 Å². The summed E-state index contributed by atoms with van der Waals surface area (Å²) in [6.07, 6.45) is -3.13. The van der Waals surface area contributed by atoms with Gasteiger partial charge in [0.15, 0.2) is 6.61 Å². The number of carbonyl (C=O) groups is 2. The smallest absolute Gasteiger partial charge is 0.417 e. The minimum Gasteiger partial charge on any atom is -0.456 e. The number of nitrogens with one attached hydrogen (secondary N) is 1. The summed E-state index contributed by atoms with van der Waals surface area (Å²) in [7, 11) is -4.63. The fraction of sp³-hybridized carbons (Fsp3) is 0.316. The maximum atomic E-state index is 13.8. The number of esters is 1. The Kier molecular flexibility index (Phi) is 6.61. The zero-order chi connectivity index (χ0) is 26.3. The molecule has 0 aliphatic heterocycles. The van der Waals surface area contributed by atoms with E-state index in [0.717, 1.165) is 13.0 Å². The molecule has 3 rings (SSSR count). The predicted molar refractivity (Wildman–Crippen MR) is 115 cm³/mol. The molecule has 1 N–H and O–H groups in total. The van der Waals surface area contributed by atoms with E-state index in [1.807, 2.05) is 4.98 Å². The molecule has 0 saturated carbocycles. The van der Waals surface area contributed by atoms with Crippen molar-refractivity contribution in [1.82, 2.24) is 19.4 Å². The highest BCUT2D eigenvalue weighted by Gasteiger charge is 2.36. The van der Waals surface area contributed by atoms with Crippen molar-refractivity contribution in [3.05, 3.63) is 50.8 Å². The molecule has 0 atom stereocenters. The predicted octanol–water partition coefficient (Wildman–Crippen LogP) is 0.579. The van der Waals surface area contributed by atoms with E-state index in [1.54, 1.807) is 6.92 Å². The lowest BCUT2D eigenvalue weighted by molar-refractivity contribution is -0.145. The second-order valence-corrected chi connectivity index (χ2v) is 9.01. The molecule has 0 aliphatic carbocycles. The van der Waals surface area contributed by atoms with Crippen LogP contribution in [0.5, 0.6) is 0 Å². The number of amides is 1. The van der Waals surface area contributed by atoms with E-state index in [9.17, 15) is 40.8 Å². The topological polar surface area (TPSA) is 153 Å². The number of aromatic amines is 1. The van der Waals surface area contributed by atoms with Crippen LogP contribution < -0.4 is 15.7 Å². The average molecular weight is 517 g/mol. The Morgan fingerprint density at radius 2 is 1.89 bits per heavy atom. The summed E-state index contributed by atoms with van der Waals surface area (Å²) in [5.41, 5.74) is -5.09. The number of hydrogen-bond donors (Lipinski definition) is 1. The Hall–Kier alpha value is -3.95. The minimum absolute atomic E-state index is 0.00442. The highest BCUT2D eigenvalue weighted by molar-refractivity contribution is 7.92. The van der Waals surface area contributed by atoms with Crippen LogP contribution in [-0.4, -0.2) is 52.6 Å². The van der Waals surface area contributed by atoms with E-state index in [2.05, 4.69) is 9.84 Å². The quantitative estimate of drug-likeness (QED) is 0.466. The van der Waals surface area contributed by atoms with Gasteiger partial charge in [-0.05, 0) is 25.1 Å². The van der Waals surface area contributed by atoms with Gasteiger partial charge in [0.25, 0.3) is 21.5 Å². The third kappa shape index (κ3) is 4.96. The van der Waals surface area contributed by atoms with Crippen LogP contribution in [0, 0.1) is 0 Å². The zero-order valence-electron chi connectivity index (χ0n) is 18.4. The molecule has 0 fully saturated rings. The van der Waals surface area contributed by atoms with Crippen LogP contribution in [0.15, 0.2) is 34.0 Å². The van der Waals surface area contributed by atoms with Crippen LogP contribution in [0.4, 0.5) is 13.2 Å². The number of fused-ring (bicyclic) bond motifs is 1. The summed E-state index contributed by atoms with van der Waals surface area (Å²) in [5.74, 6) is -2.41. The number of aryl methyl sites for hydroxylation is 1. The number of carbonyl (C=O) groups excluding carboxylic acids is 2. The Balaban J connectivity index is 2.38. The van der Waals surface area contributed by atoms with Crippen molar-refractivity contribution in [2.75, 3.05) is 17.3 Å². The second kappa shape index (κ2) is 9.01. The van der Waals surface area contributed by atoms with Gasteiger partial charge in [-0.3, -0.25) is 19.1 Å². The van der Waals surface area contributed by atoms with E-state index in [1.165, 1.54) is 16.9 Å². The normalized spacial score (nSPS) is 12.1. The lowest BCUT2D eigenvalue weighted by Crippen LogP contribution is -2.56. The van der Waals surface area contributed by atoms with Gasteiger partial charge in [-0.25, -0.2) is 13.2 Å². The first-order valence-electron chi connectivity index (χ1n) is 9.76. The van der Waals surface area contributed by atoms with Gasteiger partial charge in [0.05, 0.1) is 28.4 Å². The summed E-state index contributed by atoms with van der Waals surface area (Å²) in [5, 5.41) is 3.40. The number of halogens is 3. The summed E-state index contributed by atoms with van der Waals surface area (Å²) in [4.78, 5) is 51.3. The van der Waals surface area contributed by atoms with Crippen molar-refractivity contribution in [3.63, 3.8) is 0 Å². The molecular formula is C19H18F3N5O7S. The molecule has 12 nitrogen and oxygen atoms in total. The summed E-state index contributed by atoms with van der Waals surface area (Å²) in [6.45, 7) is 1.64. The number of H-pyrrole nitrogens is 1. The van der Waals surface area contributed by atoms with E-state index < -0.39 is 68.0 Å². The largest absolute Gasteiger partial charge is 0.456 e. The highest BCUT2D eigenvalue weighted by Crippen LogP contribution is 2.38. The summed E-state index contributed by atoms with van der Waals surface area (Å²) >= 11 is 0. The third-order valence-corrected chi connectivity index (χ3v) is 5.72.